The van der Waals surface area contributed by atoms with E-state index in [1.165, 1.54) is 11.3 Å². The van der Waals surface area contributed by atoms with E-state index >= 15 is 0 Å². The molecule has 3 rings (SSSR count). The lowest BCUT2D eigenvalue weighted by Gasteiger charge is -2.37. The molecule has 0 aromatic heterocycles. The number of benzene rings is 1. The Hall–Kier alpha value is -1.26. The number of aryl methyl sites for hydroxylation is 1. The molecule has 0 bridgehead atoms. The van der Waals surface area contributed by atoms with Crippen LogP contribution in [-0.2, 0) is 4.79 Å². The first-order chi connectivity index (χ1) is 10.1. The number of nitrogens with zero attached hydrogens (tertiary/aromatic N) is 2. The number of carbonyl (C=O) groups is 1. The molecule has 2 saturated heterocycles. The quantitative estimate of drug-likeness (QED) is 0.908. The SMILES string of the molecule is Cc1ccc(Cl)cc1N1CCN(C(=O)[C@H]2CCCN2)CC1. The first-order valence-corrected chi connectivity index (χ1v) is 8.06. The van der Waals surface area contributed by atoms with Crippen molar-refractivity contribution in [2.75, 3.05) is 37.6 Å². The maximum Gasteiger partial charge on any atom is 0.239 e. The average Bonchev–Trinajstić information content (AvgIpc) is 3.03. The Labute approximate surface area is 131 Å². The zero-order valence-corrected chi connectivity index (χ0v) is 13.2. The molecule has 0 saturated carbocycles. The summed E-state index contributed by atoms with van der Waals surface area (Å²) in [6.45, 7) is 6.41. The van der Waals surface area contributed by atoms with Crippen molar-refractivity contribution in [3.8, 4) is 0 Å². The van der Waals surface area contributed by atoms with Crippen LogP contribution in [0.5, 0.6) is 0 Å². The molecule has 4 nitrogen and oxygen atoms in total. The highest BCUT2D eigenvalue weighted by Gasteiger charge is 2.29. The number of hydrogen-bond acceptors (Lipinski definition) is 3. The average molecular weight is 308 g/mol. The van der Waals surface area contributed by atoms with Gasteiger partial charge in [0, 0.05) is 36.9 Å². The van der Waals surface area contributed by atoms with Gasteiger partial charge in [-0.05, 0) is 44.0 Å². The summed E-state index contributed by atoms with van der Waals surface area (Å²) in [5.41, 5.74) is 2.42. The topological polar surface area (TPSA) is 35.6 Å². The van der Waals surface area contributed by atoms with Crippen LogP contribution in [0.4, 0.5) is 5.69 Å². The van der Waals surface area contributed by atoms with Gasteiger partial charge in [0.15, 0.2) is 0 Å². The Morgan fingerprint density at radius 1 is 1.29 bits per heavy atom. The number of anilines is 1. The monoisotopic (exact) mass is 307 g/mol. The fraction of sp³-hybridized carbons (Fsp3) is 0.562. The minimum atomic E-state index is 0.0458. The second-order valence-corrected chi connectivity index (χ2v) is 6.33. The lowest BCUT2D eigenvalue weighted by molar-refractivity contribution is -0.133. The molecule has 0 spiro atoms. The molecule has 0 unspecified atom stereocenters. The first-order valence-electron chi connectivity index (χ1n) is 7.68. The van der Waals surface area contributed by atoms with E-state index in [-0.39, 0.29) is 11.9 Å². The number of hydrogen-bond donors (Lipinski definition) is 1. The highest BCUT2D eigenvalue weighted by Crippen LogP contribution is 2.25. The predicted octanol–water partition coefficient (Wildman–Crippen LogP) is 2.05. The van der Waals surface area contributed by atoms with E-state index in [0.29, 0.717) is 0 Å². The van der Waals surface area contributed by atoms with Gasteiger partial charge in [-0.2, -0.15) is 0 Å². The van der Waals surface area contributed by atoms with Crippen LogP contribution in [0.1, 0.15) is 18.4 Å². The van der Waals surface area contributed by atoms with Gasteiger partial charge < -0.3 is 15.1 Å². The van der Waals surface area contributed by atoms with E-state index in [1.807, 2.05) is 17.0 Å². The number of amides is 1. The number of piperazine rings is 1. The molecule has 2 aliphatic heterocycles. The fourth-order valence-corrected chi connectivity index (χ4v) is 3.37. The third kappa shape index (κ3) is 3.16. The molecule has 0 radical (unpaired) electrons. The van der Waals surface area contributed by atoms with Crippen LogP contribution >= 0.6 is 11.6 Å². The van der Waals surface area contributed by atoms with Crippen molar-refractivity contribution in [1.82, 2.24) is 10.2 Å². The maximum absolute atomic E-state index is 12.4. The van der Waals surface area contributed by atoms with Crippen molar-refractivity contribution in [3.05, 3.63) is 28.8 Å². The smallest absolute Gasteiger partial charge is 0.239 e. The summed E-state index contributed by atoms with van der Waals surface area (Å²) in [6.07, 6.45) is 2.09. The molecular formula is C16H22ClN3O. The summed E-state index contributed by atoms with van der Waals surface area (Å²) >= 11 is 6.10. The molecule has 1 aromatic carbocycles. The largest absolute Gasteiger partial charge is 0.368 e. The molecule has 2 fully saturated rings. The zero-order valence-electron chi connectivity index (χ0n) is 12.4. The van der Waals surface area contributed by atoms with E-state index in [0.717, 1.165) is 50.6 Å². The minimum absolute atomic E-state index is 0.0458. The molecule has 5 heteroatoms. The van der Waals surface area contributed by atoms with Crippen molar-refractivity contribution in [2.24, 2.45) is 0 Å². The van der Waals surface area contributed by atoms with Crippen LogP contribution < -0.4 is 10.2 Å². The first kappa shape index (κ1) is 14.7. The molecule has 21 heavy (non-hydrogen) atoms. The van der Waals surface area contributed by atoms with Gasteiger partial charge in [0.2, 0.25) is 5.91 Å². The molecule has 1 aromatic rings. The van der Waals surface area contributed by atoms with Crippen LogP contribution in [0.15, 0.2) is 18.2 Å². The molecule has 1 N–H and O–H groups in total. The summed E-state index contributed by atoms with van der Waals surface area (Å²) in [7, 11) is 0. The third-order valence-electron chi connectivity index (χ3n) is 4.46. The van der Waals surface area contributed by atoms with Crippen LogP contribution in [0, 0.1) is 6.92 Å². The summed E-state index contributed by atoms with van der Waals surface area (Å²) in [4.78, 5) is 16.7. The molecule has 0 aliphatic carbocycles. The highest BCUT2D eigenvalue weighted by atomic mass is 35.5. The van der Waals surface area contributed by atoms with Gasteiger partial charge in [-0.15, -0.1) is 0 Å². The van der Waals surface area contributed by atoms with Crippen LogP contribution in [0.2, 0.25) is 5.02 Å². The Morgan fingerprint density at radius 3 is 2.71 bits per heavy atom. The van der Waals surface area contributed by atoms with Gasteiger partial charge >= 0.3 is 0 Å². The number of rotatable bonds is 2. The highest BCUT2D eigenvalue weighted by molar-refractivity contribution is 6.30. The van der Waals surface area contributed by atoms with Gasteiger partial charge in [-0.25, -0.2) is 0 Å². The van der Waals surface area contributed by atoms with Crippen LogP contribution in [0.3, 0.4) is 0 Å². The Kier molecular flexibility index (Phi) is 4.36. The summed E-state index contributed by atoms with van der Waals surface area (Å²) in [6, 6.07) is 6.04. The predicted molar refractivity (Wildman–Crippen MR) is 86.0 cm³/mol. The van der Waals surface area contributed by atoms with Gasteiger partial charge in [-0.3, -0.25) is 4.79 Å². The zero-order chi connectivity index (χ0) is 14.8. The molecule has 1 atom stereocenters. The van der Waals surface area contributed by atoms with Gasteiger partial charge in [-0.1, -0.05) is 17.7 Å². The van der Waals surface area contributed by atoms with Gasteiger partial charge in [0.25, 0.3) is 0 Å². The maximum atomic E-state index is 12.4. The van der Waals surface area contributed by atoms with Gasteiger partial charge in [0.05, 0.1) is 6.04 Å². The Balaban J connectivity index is 1.62. The second-order valence-electron chi connectivity index (χ2n) is 5.89. The Bertz CT molecular complexity index is 520. The normalized spacial score (nSPS) is 22.7. The lowest BCUT2D eigenvalue weighted by Crippen LogP contribution is -2.53. The second kappa shape index (κ2) is 6.24. The summed E-state index contributed by atoms with van der Waals surface area (Å²) < 4.78 is 0. The fourth-order valence-electron chi connectivity index (χ4n) is 3.21. The molecular weight excluding hydrogens is 286 g/mol. The molecule has 114 valence electrons. The molecule has 2 heterocycles. The Morgan fingerprint density at radius 2 is 2.05 bits per heavy atom. The number of carbonyl (C=O) groups excluding carboxylic acids is 1. The van der Waals surface area contributed by atoms with E-state index in [2.05, 4.69) is 23.2 Å². The van der Waals surface area contributed by atoms with E-state index in [1.54, 1.807) is 0 Å². The lowest BCUT2D eigenvalue weighted by atomic mass is 10.1. The van der Waals surface area contributed by atoms with Crippen molar-refractivity contribution in [3.63, 3.8) is 0 Å². The van der Waals surface area contributed by atoms with E-state index in [4.69, 9.17) is 11.6 Å². The molecule has 2 aliphatic rings. The summed E-state index contributed by atoms with van der Waals surface area (Å²) in [5, 5.41) is 4.06. The van der Waals surface area contributed by atoms with Crippen LogP contribution in [0.25, 0.3) is 0 Å². The van der Waals surface area contributed by atoms with Crippen molar-refractivity contribution >= 4 is 23.2 Å². The van der Waals surface area contributed by atoms with Crippen molar-refractivity contribution in [1.29, 1.82) is 0 Å². The van der Waals surface area contributed by atoms with E-state index < -0.39 is 0 Å². The molecule has 1 amide bonds. The van der Waals surface area contributed by atoms with Crippen molar-refractivity contribution in [2.45, 2.75) is 25.8 Å². The minimum Gasteiger partial charge on any atom is -0.368 e. The number of halogens is 1. The third-order valence-corrected chi connectivity index (χ3v) is 4.70. The van der Waals surface area contributed by atoms with Crippen LogP contribution in [-0.4, -0.2) is 49.6 Å². The van der Waals surface area contributed by atoms with Crippen molar-refractivity contribution < 1.29 is 4.79 Å². The summed E-state index contributed by atoms with van der Waals surface area (Å²) in [5.74, 6) is 0.273. The standard InChI is InChI=1S/C16H22ClN3O/c1-12-4-5-13(17)11-15(12)19-7-9-20(10-8-19)16(21)14-3-2-6-18-14/h4-5,11,14,18H,2-3,6-10H2,1H3/t14-/m1/s1. The number of nitrogens with one attached hydrogen (secondary N) is 1. The van der Waals surface area contributed by atoms with Gasteiger partial charge in [0.1, 0.15) is 0 Å². The van der Waals surface area contributed by atoms with E-state index in [9.17, 15) is 4.79 Å².